The Morgan fingerprint density at radius 2 is 2.07 bits per heavy atom. The number of rotatable bonds is 7. The lowest BCUT2D eigenvalue weighted by Crippen LogP contribution is -2.51. The van der Waals surface area contributed by atoms with Gasteiger partial charge in [-0.2, -0.15) is 0 Å². The fraction of sp³-hybridized carbons (Fsp3) is 0.667. The Hall–Kier alpha value is -1.99. The van der Waals surface area contributed by atoms with Crippen LogP contribution in [-0.2, 0) is 20.9 Å². The third-order valence-electron chi connectivity index (χ3n) is 5.87. The summed E-state index contributed by atoms with van der Waals surface area (Å²) in [6.45, 7) is 4.50. The van der Waals surface area contributed by atoms with Crippen LogP contribution in [0, 0.1) is 5.92 Å². The van der Waals surface area contributed by atoms with Gasteiger partial charge in [0.2, 0.25) is 11.8 Å². The van der Waals surface area contributed by atoms with Gasteiger partial charge in [-0.25, -0.2) is 0 Å². The summed E-state index contributed by atoms with van der Waals surface area (Å²) in [5.41, 5.74) is 1.02. The molecule has 2 saturated heterocycles. The van der Waals surface area contributed by atoms with Crippen molar-refractivity contribution in [2.24, 2.45) is 5.92 Å². The summed E-state index contributed by atoms with van der Waals surface area (Å²) in [5, 5.41) is 3.06. The minimum atomic E-state index is 0.0479. The van der Waals surface area contributed by atoms with Crippen molar-refractivity contribution in [2.45, 2.75) is 44.7 Å². The summed E-state index contributed by atoms with van der Waals surface area (Å²) in [6, 6.07) is 4.33. The van der Waals surface area contributed by atoms with Gasteiger partial charge in [-0.1, -0.05) is 6.07 Å². The topological polar surface area (TPSA) is 74.8 Å². The molecule has 0 aromatic carbocycles. The second kappa shape index (κ2) is 10.5. The van der Waals surface area contributed by atoms with Gasteiger partial charge in [0.15, 0.2) is 0 Å². The molecule has 154 valence electrons. The molecule has 3 rings (SSSR count). The van der Waals surface area contributed by atoms with E-state index in [0.29, 0.717) is 25.6 Å². The average Bonchev–Trinajstić information content (AvgIpc) is 2.76. The second-order valence-corrected chi connectivity index (χ2v) is 7.77. The van der Waals surface area contributed by atoms with E-state index in [1.54, 1.807) is 19.5 Å². The highest BCUT2D eigenvalue weighted by molar-refractivity contribution is 5.79. The summed E-state index contributed by atoms with van der Waals surface area (Å²) in [5.74, 6) is 0.374. The number of nitrogens with zero attached hydrogens (tertiary/aromatic N) is 3. The predicted octanol–water partition coefficient (Wildman–Crippen LogP) is 1.44. The summed E-state index contributed by atoms with van der Waals surface area (Å²) in [6.07, 6.45) is 7.97. The highest BCUT2D eigenvalue weighted by Gasteiger charge is 2.32. The van der Waals surface area contributed by atoms with Crippen LogP contribution in [0.3, 0.4) is 0 Å². The van der Waals surface area contributed by atoms with E-state index in [2.05, 4.69) is 15.2 Å². The van der Waals surface area contributed by atoms with Crippen molar-refractivity contribution in [3.8, 4) is 0 Å². The van der Waals surface area contributed by atoms with Crippen molar-refractivity contribution >= 4 is 11.8 Å². The molecule has 0 radical (unpaired) electrons. The smallest absolute Gasteiger partial charge is 0.224 e. The fourth-order valence-electron chi connectivity index (χ4n) is 4.22. The standard InChI is InChI=1S/C21H32N4O3/c1-28-13-8-20(26)24-11-6-19(7-12-24)25-10-3-5-18(16-25)21(27)23-15-17-4-2-9-22-14-17/h2,4,9,14,18-19H,3,5-8,10-13,15-16H2,1H3,(H,23,27)/t18-/m1/s1. The van der Waals surface area contributed by atoms with Crippen molar-refractivity contribution in [3.63, 3.8) is 0 Å². The first-order valence-corrected chi connectivity index (χ1v) is 10.3. The maximum absolute atomic E-state index is 12.6. The Balaban J connectivity index is 1.43. The Kier molecular flexibility index (Phi) is 7.80. The van der Waals surface area contributed by atoms with Crippen LogP contribution in [0.4, 0.5) is 0 Å². The number of ether oxygens (including phenoxy) is 1. The molecule has 1 aromatic heterocycles. The number of carbonyl (C=O) groups excluding carboxylic acids is 2. The number of pyridine rings is 1. The van der Waals surface area contributed by atoms with Crippen LogP contribution in [0.1, 0.15) is 37.7 Å². The van der Waals surface area contributed by atoms with Gasteiger partial charge in [-0.3, -0.25) is 19.5 Å². The minimum Gasteiger partial charge on any atom is -0.384 e. The van der Waals surface area contributed by atoms with Crippen molar-refractivity contribution in [3.05, 3.63) is 30.1 Å². The van der Waals surface area contributed by atoms with Gasteiger partial charge in [0, 0.05) is 51.7 Å². The Morgan fingerprint density at radius 1 is 1.25 bits per heavy atom. The van der Waals surface area contributed by atoms with Crippen LogP contribution >= 0.6 is 0 Å². The summed E-state index contributed by atoms with van der Waals surface area (Å²) in [7, 11) is 1.62. The molecule has 2 fully saturated rings. The molecule has 1 aromatic rings. The largest absolute Gasteiger partial charge is 0.384 e. The van der Waals surface area contributed by atoms with E-state index in [1.807, 2.05) is 17.0 Å². The van der Waals surface area contributed by atoms with Gasteiger partial charge in [0.25, 0.3) is 0 Å². The van der Waals surface area contributed by atoms with E-state index in [0.717, 1.165) is 57.4 Å². The number of amides is 2. The molecule has 2 amide bonds. The van der Waals surface area contributed by atoms with Gasteiger partial charge in [0.05, 0.1) is 18.9 Å². The molecule has 1 N–H and O–H groups in total. The monoisotopic (exact) mass is 388 g/mol. The average molecular weight is 389 g/mol. The zero-order valence-corrected chi connectivity index (χ0v) is 16.8. The number of likely N-dealkylation sites (tertiary alicyclic amines) is 2. The van der Waals surface area contributed by atoms with E-state index in [-0.39, 0.29) is 17.7 Å². The first-order valence-electron chi connectivity index (χ1n) is 10.3. The number of hydrogen-bond donors (Lipinski definition) is 1. The predicted molar refractivity (Wildman–Crippen MR) is 106 cm³/mol. The Morgan fingerprint density at radius 3 is 2.79 bits per heavy atom. The fourth-order valence-corrected chi connectivity index (χ4v) is 4.22. The third kappa shape index (κ3) is 5.75. The molecule has 0 unspecified atom stereocenters. The zero-order chi connectivity index (χ0) is 19.8. The summed E-state index contributed by atoms with van der Waals surface area (Å²) < 4.78 is 5.00. The van der Waals surface area contributed by atoms with E-state index in [1.165, 1.54) is 0 Å². The molecule has 28 heavy (non-hydrogen) atoms. The van der Waals surface area contributed by atoms with Crippen LogP contribution in [-0.4, -0.2) is 72.5 Å². The molecular formula is C21H32N4O3. The quantitative estimate of drug-likeness (QED) is 0.765. The van der Waals surface area contributed by atoms with Crippen molar-refractivity contribution in [1.29, 1.82) is 0 Å². The molecule has 1 atom stereocenters. The Bertz CT molecular complexity index is 632. The van der Waals surface area contributed by atoms with Crippen LogP contribution in [0.25, 0.3) is 0 Å². The molecule has 0 spiro atoms. The third-order valence-corrected chi connectivity index (χ3v) is 5.87. The van der Waals surface area contributed by atoms with Gasteiger partial charge in [0.1, 0.15) is 0 Å². The minimum absolute atomic E-state index is 0.0479. The first-order chi connectivity index (χ1) is 13.7. The summed E-state index contributed by atoms with van der Waals surface area (Å²) >= 11 is 0. The molecule has 0 bridgehead atoms. The van der Waals surface area contributed by atoms with Crippen LogP contribution in [0.2, 0.25) is 0 Å². The second-order valence-electron chi connectivity index (χ2n) is 7.77. The molecular weight excluding hydrogens is 356 g/mol. The van der Waals surface area contributed by atoms with Crippen LogP contribution < -0.4 is 5.32 Å². The molecule has 0 saturated carbocycles. The Labute approximate surface area is 167 Å². The highest BCUT2D eigenvalue weighted by Crippen LogP contribution is 2.24. The zero-order valence-electron chi connectivity index (χ0n) is 16.8. The lowest BCUT2D eigenvalue weighted by Gasteiger charge is -2.42. The molecule has 2 aliphatic heterocycles. The maximum atomic E-state index is 12.6. The number of methoxy groups -OCH3 is 1. The first kappa shape index (κ1) is 20.7. The number of piperidine rings is 2. The lowest BCUT2D eigenvalue weighted by atomic mass is 9.93. The normalized spacial score (nSPS) is 21.5. The van der Waals surface area contributed by atoms with Crippen LogP contribution in [0.15, 0.2) is 24.5 Å². The molecule has 7 heteroatoms. The molecule has 3 heterocycles. The highest BCUT2D eigenvalue weighted by atomic mass is 16.5. The van der Waals surface area contributed by atoms with E-state index in [9.17, 15) is 9.59 Å². The van der Waals surface area contributed by atoms with Crippen molar-refractivity contribution in [2.75, 3.05) is 39.9 Å². The SMILES string of the molecule is COCCC(=O)N1CCC(N2CCC[C@@H](C(=O)NCc3cccnc3)C2)CC1. The molecule has 2 aliphatic rings. The van der Waals surface area contributed by atoms with E-state index >= 15 is 0 Å². The van der Waals surface area contributed by atoms with Gasteiger partial charge in [-0.15, -0.1) is 0 Å². The van der Waals surface area contributed by atoms with E-state index in [4.69, 9.17) is 4.74 Å². The maximum Gasteiger partial charge on any atom is 0.224 e. The van der Waals surface area contributed by atoms with Gasteiger partial charge in [-0.05, 0) is 43.9 Å². The number of nitrogens with one attached hydrogen (secondary N) is 1. The molecule has 7 nitrogen and oxygen atoms in total. The van der Waals surface area contributed by atoms with E-state index < -0.39 is 0 Å². The van der Waals surface area contributed by atoms with Crippen molar-refractivity contribution in [1.82, 2.24) is 20.1 Å². The number of aromatic nitrogens is 1. The van der Waals surface area contributed by atoms with Gasteiger partial charge < -0.3 is 15.0 Å². The summed E-state index contributed by atoms with van der Waals surface area (Å²) in [4.78, 5) is 33.3. The molecule has 0 aliphatic carbocycles. The number of carbonyl (C=O) groups is 2. The number of hydrogen-bond acceptors (Lipinski definition) is 5. The van der Waals surface area contributed by atoms with Crippen molar-refractivity contribution < 1.29 is 14.3 Å². The lowest BCUT2D eigenvalue weighted by molar-refractivity contribution is -0.133. The van der Waals surface area contributed by atoms with Crippen LogP contribution in [0.5, 0.6) is 0 Å². The van der Waals surface area contributed by atoms with Gasteiger partial charge >= 0.3 is 0 Å².